The number of benzene rings is 1. The molecule has 1 N–H and O–H groups in total. The van der Waals surface area contributed by atoms with Crippen LogP contribution in [0.25, 0.3) is 0 Å². The number of halogens is 1. The van der Waals surface area contributed by atoms with E-state index < -0.39 is 0 Å². The van der Waals surface area contributed by atoms with E-state index in [4.69, 9.17) is 16.0 Å². The minimum atomic E-state index is -0.310. The Hall–Kier alpha value is -2.51. The number of thioether (sulfide) groups is 1. The van der Waals surface area contributed by atoms with Crippen LogP contribution in [0.2, 0.25) is 5.02 Å². The molecule has 1 aliphatic carbocycles. The molecule has 1 aliphatic rings. The molecule has 6 nitrogen and oxygen atoms in total. The summed E-state index contributed by atoms with van der Waals surface area (Å²) in [5.41, 5.74) is 3.35. The van der Waals surface area contributed by atoms with E-state index in [1.807, 2.05) is 25.1 Å². The predicted octanol–water partition coefficient (Wildman–Crippen LogP) is 4.07. The van der Waals surface area contributed by atoms with Gasteiger partial charge in [0.15, 0.2) is 0 Å². The summed E-state index contributed by atoms with van der Waals surface area (Å²) < 4.78 is 7.06. The van der Waals surface area contributed by atoms with Gasteiger partial charge in [0, 0.05) is 22.0 Å². The second-order valence-corrected chi connectivity index (χ2v) is 8.32. The van der Waals surface area contributed by atoms with Crippen LogP contribution < -0.4 is 11.0 Å². The van der Waals surface area contributed by atoms with E-state index in [1.54, 1.807) is 23.0 Å². The Morgan fingerprint density at radius 3 is 2.97 bits per heavy atom. The van der Waals surface area contributed by atoms with Crippen LogP contribution in [0.5, 0.6) is 0 Å². The quantitative estimate of drug-likeness (QED) is 0.472. The molecule has 0 aliphatic heterocycles. The second kappa shape index (κ2) is 8.47. The van der Waals surface area contributed by atoms with Gasteiger partial charge >= 0.3 is 5.69 Å². The molecule has 1 amide bonds. The van der Waals surface area contributed by atoms with Gasteiger partial charge in [0.05, 0.1) is 18.6 Å². The van der Waals surface area contributed by atoms with Gasteiger partial charge in [-0.15, -0.1) is 0 Å². The van der Waals surface area contributed by atoms with E-state index in [1.165, 1.54) is 11.8 Å². The van der Waals surface area contributed by atoms with Crippen LogP contribution in [0.1, 0.15) is 29.0 Å². The number of nitrogens with one attached hydrogen (secondary N) is 1. The molecule has 4 rings (SSSR count). The number of fused-ring (bicyclic) bond motifs is 1. The molecule has 3 aromatic rings. The summed E-state index contributed by atoms with van der Waals surface area (Å²) in [4.78, 5) is 29.2. The highest BCUT2D eigenvalue weighted by Crippen LogP contribution is 2.29. The molecule has 0 saturated carbocycles. The molecule has 150 valence electrons. The molecule has 29 heavy (non-hydrogen) atoms. The number of hydrogen-bond donors (Lipinski definition) is 1. The third kappa shape index (κ3) is 4.41. The first-order valence-electron chi connectivity index (χ1n) is 9.35. The van der Waals surface area contributed by atoms with Crippen molar-refractivity contribution in [2.45, 2.75) is 37.8 Å². The SMILES string of the molecule is Cc1ccc(NC(=O)CSc2nc(=O)n(Cc3ccco3)c3c2CCC3)cc1Cl. The average molecular weight is 430 g/mol. The van der Waals surface area contributed by atoms with Crippen LogP contribution in [0.3, 0.4) is 0 Å². The first-order valence-corrected chi connectivity index (χ1v) is 10.7. The van der Waals surface area contributed by atoms with Gasteiger partial charge in [-0.25, -0.2) is 4.79 Å². The zero-order valence-electron chi connectivity index (χ0n) is 15.9. The second-order valence-electron chi connectivity index (χ2n) is 6.94. The lowest BCUT2D eigenvalue weighted by Crippen LogP contribution is -2.28. The number of amides is 1. The lowest BCUT2D eigenvalue weighted by Gasteiger charge is -2.13. The molecule has 8 heteroatoms. The maximum atomic E-state index is 12.6. The number of carbonyl (C=O) groups is 1. The summed E-state index contributed by atoms with van der Waals surface area (Å²) in [5, 5.41) is 4.09. The van der Waals surface area contributed by atoms with E-state index in [-0.39, 0.29) is 17.3 Å². The monoisotopic (exact) mass is 429 g/mol. The van der Waals surface area contributed by atoms with E-state index in [9.17, 15) is 9.59 Å². The molecule has 0 bridgehead atoms. The first kappa shape index (κ1) is 19.8. The Balaban J connectivity index is 1.48. The Bertz CT molecular complexity index is 1110. The van der Waals surface area contributed by atoms with E-state index >= 15 is 0 Å². The number of aromatic nitrogens is 2. The molecule has 0 saturated heterocycles. The maximum absolute atomic E-state index is 12.6. The standard InChI is InChI=1S/C21H20ClN3O3S/c1-13-7-8-14(10-17(13)22)23-19(26)12-29-20-16-5-2-6-18(16)25(21(27)24-20)11-15-4-3-9-28-15/h3-4,7-10H,2,5-6,11-12H2,1H3,(H,23,26). The molecule has 0 fully saturated rings. The fourth-order valence-electron chi connectivity index (χ4n) is 3.43. The highest BCUT2D eigenvalue weighted by Gasteiger charge is 2.23. The van der Waals surface area contributed by atoms with Crippen molar-refractivity contribution in [2.75, 3.05) is 11.1 Å². The summed E-state index contributed by atoms with van der Waals surface area (Å²) in [6.45, 7) is 2.28. The number of carbonyl (C=O) groups excluding carboxylic acids is 1. The van der Waals surface area contributed by atoms with Crippen molar-refractivity contribution < 1.29 is 9.21 Å². The number of nitrogens with zero attached hydrogens (tertiary/aromatic N) is 2. The highest BCUT2D eigenvalue weighted by atomic mass is 35.5. The molecule has 2 heterocycles. The van der Waals surface area contributed by atoms with E-state index in [0.29, 0.717) is 22.3 Å². The van der Waals surface area contributed by atoms with Crippen LogP contribution in [0.15, 0.2) is 50.8 Å². The van der Waals surface area contributed by atoms with Crippen molar-refractivity contribution in [3.8, 4) is 0 Å². The number of aryl methyl sites for hydroxylation is 1. The van der Waals surface area contributed by atoms with Crippen molar-refractivity contribution in [3.05, 3.63) is 74.7 Å². The van der Waals surface area contributed by atoms with Gasteiger partial charge in [-0.05, 0) is 56.0 Å². The Kier molecular flexibility index (Phi) is 5.78. The van der Waals surface area contributed by atoms with Crippen LogP contribution >= 0.6 is 23.4 Å². The van der Waals surface area contributed by atoms with Gasteiger partial charge in [0.2, 0.25) is 5.91 Å². The van der Waals surface area contributed by atoms with Gasteiger partial charge in [0.1, 0.15) is 10.8 Å². The summed E-state index contributed by atoms with van der Waals surface area (Å²) in [5.74, 6) is 0.731. The molecular weight excluding hydrogens is 410 g/mol. The first-order chi connectivity index (χ1) is 14.0. The molecule has 0 spiro atoms. The van der Waals surface area contributed by atoms with Crippen molar-refractivity contribution in [2.24, 2.45) is 0 Å². The lowest BCUT2D eigenvalue weighted by molar-refractivity contribution is -0.113. The number of anilines is 1. The Morgan fingerprint density at radius 2 is 2.21 bits per heavy atom. The van der Waals surface area contributed by atoms with Crippen LogP contribution in [-0.4, -0.2) is 21.2 Å². The number of hydrogen-bond acceptors (Lipinski definition) is 5. The molecule has 2 aromatic heterocycles. The van der Waals surface area contributed by atoms with Gasteiger partial charge in [-0.1, -0.05) is 29.4 Å². The predicted molar refractivity (Wildman–Crippen MR) is 114 cm³/mol. The third-order valence-electron chi connectivity index (χ3n) is 4.89. The fraction of sp³-hybridized carbons (Fsp3) is 0.286. The van der Waals surface area contributed by atoms with Crippen molar-refractivity contribution in [1.29, 1.82) is 0 Å². The molecule has 0 atom stereocenters. The normalized spacial score (nSPS) is 12.8. The molecule has 0 unspecified atom stereocenters. The largest absolute Gasteiger partial charge is 0.467 e. The zero-order chi connectivity index (χ0) is 20.4. The van der Waals surface area contributed by atoms with Gasteiger partial charge in [-0.3, -0.25) is 9.36 Å². The van der Waals surface area contributed by atoms with Gasteiger partial charge < -0.3 is 9.73 Å². The zero-order valence-corrected chi connectivity index (χ0v) is 17.5. The van der Waals surface area contributed by atoms with Crippen molar-refractivity contribution in [3.63, 3.8) is 0 Å². The highest BCUT2D eigenvalue weighted by molar-refractivity contribution is 8.00. The minimum absolute atomic E-state index is 0.164. The molecule has 1 aromatic carbocycles. The summed E-state index contributed by atoms with van der Waals surface area (Å²) in [6, 6.07) is 9.05. The fourth-order valence-corrected chi connectivity index (χ4v) is 4.49. The maximum Gasteiger partial charge on any atom is 0.349 e. The topological polar surface area (TPSA) is 77.1 Å². The molecule has 0 radical (unpaired) electrons. The summed E-state index contributed by atoms with van der Waals surface area (Å²) in [7, 11) is 0. The van der Waals surface area contributed by atoms with Crippen molar-refractivity contribution >= 4 is 35.0 Å². The average Bonchev–Trinajstić information content (AvgIpc) is 3.37. The Morgan fingerprint density at radius 1 is 1.34 bits per heavy atom. The third-order valence-corrected chi connectivity index (χ3v) is 6.32. The number of rotatable bonds is 6. The van der Waals surface area contributed by atoms with E-state index in [2.05, 4.69) is 10.3 Å². The van der Waals surface area contributed by atoms with Crippen LogP contribution in [0.4, 0.5) is 5.69 Å². The van der Waals surface area contributed by atoms with E-state index in [0.717, 1.165) is 41.8 Å². The van der Waals surface area contributed by atoms with Gasteiger partial charge in [-0.2, -0.15) is 4.98 Å². The summed E-state index contributed by atoms with van der Waals surface area (Å²) >= 11 is 7.41. The Labute approximate surface area is 177 Å². The smallest absolute Gasteiger partial charge is 0.349 e. The van der Waals surface area contributed by atoms with Crippen molar-refractivity contribution in [1.82, 2.24) is 9.55 Å². The number of furan rings is 1. The summed E-state index contributed by atoms with van der Waals surface area (Å²) in [6.07, 6.45) is 4.26. The molecular formula is C21H20ClN3O3S. The van der Waals surface area contributed by atoms with Crippen LogP contribution in [-0.2, 0) is 24.2 Å². The van der Waals surface area contributed by atoms with Gasteiger partial charge in [0.25, 0.3) is 0 Å². The lowest BCUT2D eigenvalue weighted by atomic mass is 10.2. The minimum Gasteiger partial charge on any atom is -0.467 e. The van der Waals surface area contributed by atoms with Crippen LogP contribution in [0, 0.1) is 6.92 Å².